The van der Waals surface area contributed by atoms with E-state index >= 15 is 0 Å². The molecule has 0 saturated heterocycles. The first-order valence-corrected chi connectivity index (χ1v) is 7.87. The molecule has 0 aliphatic rings. The summed E-state index contributed by atoms with van der Waals surface area (Å²) in [4.78, 5) is 12.9. The Kier molecular flexibility index (Phi) is 6.03. The van der Waals surface area contributed by atoms with Crippen LogP contribution in [-0.4, -0.2) is 25.6 Å². The first-order chi connectivity index (χ1) is 11.2. The number of para-hydroxylation sites is 1. The van der Waals surface area contributed by atoms with E-state index < -0.39 is 0 Å². The second kappa shape index (κ2) is 8.22. The van der Waals surface area contributed by atoms with Gasteiger partial charge in [0.25, 0.3) is 0 Å². The number of hydrogen-bond donors (Lipinski definition) is 0. The van der Waals surface area contributed by atoms with Crippen LogP contribution in [0.2, 0.25) is 0 Å². The molecule has 0 spiro atoms. The minimum absolute atomic E-state index is 0.124. The summed E-state index contributed by atoms with van der Waals surface area (Å²) in [7, 11) is 0. The number of hydrogen-bond acceptors (Lipinski definition) is 4. The monoisotopic (exact) mass is 314 g/mol. The highest BCUT2D eigenvalue weighted by Crippen LogP contribution is 2.30. The van der Waals surface area contributed by atoms with E-state index in [4.69, 9.17) is 14.2 Å². The van der Waals surface area contributed by atoms with Crippen molar-refractivity contribution in [1.29, 1.82) is 0 Å². The molecule has 0 bridgehead atoms. The molecular weight excluding hydrogens is 292 g/mol. The minimum Gasteiger partial charge on any atom is -0.494 e. The summed E-state index contributed by atoms with van der Waals surface area (Å²) in [5.41, 5.74) is 1.03. The lowest BCUT2D eigenvalue weighted by atomic mass is 10.0. The van der Waals surface area contributed by atoms with E-state index in [1.54, 1.807) is 30.3 Å². The highest BCUT2D eigenvalue weighted by Gasteiger charge is 2.19. The summed E-state index contributed by atoms with van der Waals surface area (Å²) >= 11 is 0. The van der Waals surface area contributed by atoms with Crippen LogP contribution in [0.4, 0.5) is 0 Å². The highest BCUT2D eigenvalue weighted by molar-refractivity contribution is 6.12. The molecule has 0 unspecified atom stereocenters. The van der Waals surface area contributed by atoms with Gasteiger partial charge in [-0.15, -0.1) is 0 Å². The Morgan fingerprint density at radius 1 is 0.783 bits per heavy atom. The molecule has 0 fully saturated rings. The Morgan fingerprint density at radius 2 is 1.39 bits per heavy atom. The predicted octanol–water partition coefficient (Wildman–Crippen LogP) is 4.11. The summed E-state index contributed by atoms with van der Waals surface area (Å²) in [6.07, 6.45) is 0. The second-order valence-corrected chi connectivity index (χ2v) is 4.78. The van der Waals surface area contributed by atoms with Crippen LogP contribution in [0.15, 0.2) is 42.5 Å². The number of benzene rings is 2. The van der Waals surface area contributed by atoms with E-state index in [0.29, 0.717) is 48.2 Å². The van der Waals surface area contributed by atoms with Gasteiger partial charge in [0, 0.05) is 6.07 Å². The van der Waals surface area contributed by atoms with Crippen LogP contribution in [0, 0.1) is 0 Å². The van der Waals surface area contributed by atoms with Gasteiger partial charge in [0.2, 0.25) is 0 Å². The fourth-order valence-electron chi connectivity index (χ4n) is 2.30. The van der Waals surface area contributed by atoms with Crippen molar-refractivity contribution in [1.82, 2.24) is 0 Å². The maximum atomic E-state index is 12.9. The number of carbonyl (C=O) groups excluding carboxylic acids is 1. The predicted molar refractivity (Wildman–Crippen MR) is 89.8 cm³/mol. The zero-order chi connectivity index (χ0) is 16.7. The van der Waals surface area contributed by atoms with Crippen LogP contribution in [-0.2, 0) is 0 Å². The van der Waals surface area contributed by atoms with Crippen LogP contribution in [0.3, 0.4) is 0 Å². The second-order valence-electron chi connectivity index (χ2n) is 4.78. The summed E-state index contributed by atoms with van der Waals surface area (Å²) < 4.78 is 16.7. The Balaban J connectivity index is 2.42. The summed E-state index contributed by atoms with van der Waals surface area (Å²) in [6, 6.07) is 12.5. The third-order valence-corrected chi connectivity index (χ3v) is 3.24. The molecule has 23 heavy (non-hydrogen) atoms. The quantitative estimate of drug-likeness (QED) is 0.688. The lowest BCUT2D eigenvalue weighted by Gasteiger charge is -2.13. The Labute approximate surface area is 137 Å². The van der Waals surface area contributed by atoms with Crippen LogP contribution >= 0.6 is 0 Å². The Bertz CT molecular complexity index is 664. The minimum atomic E-state index is -0.124. The van der Waals surface area contributed by atoms with Crippen molar-refractivity contribution in [3.63, 3.8) is 0 Å². The molecule has 0 heterocycles. The topological polar surface area (TPSA) is 44.8 Å². The molecule has 0 aromatic heterocycles. The fourth-order valence-corrected chi connectivity index (χ4v) is 2.30. The lowest BCUT2D eigenvalue weighted by molar-refractivity contribution is 0.103. The van der Waals surface area contributed by atoms with Crippen molar-refractivity contribution in [2.75, 3.05) is 19.8 Å². The van der Waals surface area contributed by atoms with E-state index in [2.05, 4.69) is 0 Å². The highest BCUT2D eigenvalue weighted by atomic mass is 16.5. The van der Waals surface area contributed by atoms with E-state index in [-0.39, 0.29) is 5.78 Å². The normalized spacial score (nSPS) is 10.2. The van der Waals surface area contributed by atoms with E-state index in [1.165, 1.54) is 0 Å². The zero-order valence-corrected chi connectivity index (χ0v) is 13.8. The molecule has 2 aromatic carbocycles. The van der Waals surface area contributed by atoms with Gasteiger partial charge in [-0.2, -0.15) is 0 Å². The van der Waals surface area contributed by atoms with Gasteiger partial charge < -0.3 is 14.2 Å². The van der Waals surface area contributed by atoms with Crippen molar-refractivity contribution in [2.45, 2.75) is 20.8 Å². The Morgan fingerprint density at radius 3 is 2.09 bits per heavy atom. The number of carbonyl (C=O) groups is 1. The van der Waals surface area contributed by atoms with E-state index in [0.717, 1.165) is 0 Å². The van der Waals surface area contributed by atoms with Crippen molar-refractivity contribution in [3.05, 3.63) is 53.6 Å². The van der Waals surface area contributed by atoms with Crippen molar-refractivity contribution >= 4 is 5.78 Å². The standard InChI is InChI=1S/C19H22O4/c1-4-21-14-11-12-16(18(13-14)23-6-3)19(20)15-9-7-8-10-17(15)22-5-2/h7-13H,4-6H2,1-3H3. The van der Waals surface area contributed by atoms with Crippen LogP contribution < -0.4 is 14.2 Å². The maximum absolute atomic E-state index is 12.9. The maximum Gasteiger partial charge on any atom is 0.200 e. The molecule has 0 amide bonds. The summed E-state index contributed by atoms with van der Waals surface area (Å²) in [5, 5.41) is 0. The molecule has 4 heteroatoms. The van der Waals surface area contributed by atoms with Gasteiger partial charge in [0.15, 0.2) is 5.78 Å². The summed E-state index contributed by atoms with van der Waals surface area (Å²) in [6.45, 7) is 7.23. The molecule has 0 N–H and O–H groups in total. The smallest absolute Gasteiger partial charge is 0.200 e. The molecule has 0 aliphatic heterocycles. The number of ketones is 1. The summed E-state index contributed by atoms with van der Waals surface area (Å²) in [5.74, 6) is 1.66. The van der Waals surface area contributed by atoms with Crippen molar-refractivity contribution in [2.24, 2.45) is 0 Å². The van der Waals surface area contributed by atoms with Gasteiger partial charge in [0.05, 0.1) is 30.9 Å². The third kappa shape index (κ3) is 4.03. The fraction of sp³-hybridized carbons (Fsp3) is 0.316. The van der Waals surface area contributed by atoms with Gasteiger partial charge in [-0.3, -0.25) is 4.79 Å². The molecule has 0 saturated carbocycles. The molecule has 2 rings (SSSR count). The van der Waals surface area contributed by atoms with Gasteiger partial charge in [0.1, 0.15) is 17.2 Å². The largest absolute Gasteiger partial charge is 0.494 e. The molecule has 2 aromatic rings. The van der Waals surface area contributed by atoms with Crippen LogP contribution in [0.1, 0.15) is 36.7 Å². The van der Waals surface area contributed by atoms with Crippen LogP contribution in [0.5, 0.6) is 17.2 Å². The van der Waals surface area contributed by atoms with Gasteiger partial charge in [-0.25, -0.2) is 0 Å². The molecule has 0 radical (unpaired) electrons. The average Bonchev–Trinajstić information content (AvgIpc) is 2.56. The molecule has 122 valence electrons. The molecule has 0 aliphatic carbocycles. The van der Waals surface area contributed by atoms with Crippen molar-refractivity contribution in [3.8, 4) is 17.2 Å². The lowest BCUT2D eigenvalue weighted by Crippen LogP contribution is -2.08. The Hall–Kier alpha value is -2.49. The molecular formula is C19H22O4. The van der Waals surface area contributed by atoms with Gasteiger partial charge in [-0.05, 0) is 45.0 Å². The third-order valence-electron chi connectivity index (χ3n) is 3.24. The number of ether oxygens (including phenoxy) is 3. The van der Waals surface area contributed by atoms with Gasteiger partial charge in [-0.1, -0.05) is 12.1 Å². The first kappa shape index (κ1) is 16.9. The zero-order valence-electron chi connectivity index (χ0n) is 13.8. The van der Waals surface area contributed by atoms with Gasteiger partial charge >= 0.3 is 0 Å². The van der Waals surface area contributed by atoms with E-state index in [9.17, 15) is 4.79 Å². The van der Waals surface area contributed by atoms with E-state index in [1.807, 2.05) is 32.9 Å². The molecule has 0 atom stereocenters. The molecule has 4 nitrogen and oxygen atoms in total. The van der Waals surface area contributed by atoms with Crippen molar-refractivity contribution < 1.29 is 19.0 Å². The first-order valence-electron chi connectivity index (χ1n) is 7.87. The average molecular weight is 314 g/mol. The SMILES string of the molecule is CCOc1ccc(C(=O)c2ccccc2OCC)c(OCC)c1. The van der Waals surface area contributed by atoms with Crippen LogP contribution in [0.25, 0.3) is 0 Å². The number of rotatable bonds is 8.